The number of aliphatic carboxylic acids is 1. The summed E-state index contributed by atoms with van der Waals surface area (Å²) >= 11 is 14.6. The van der Waals surface area contributed by atoms with Gasteiger partial charge in [-0.2, -0.15) is 9.52 Å². The van der Waals surface area contributed by atoms with Gasteiger partial charge >= 0.3 is 5.97 Å². The maximum atomic E-state index is 13.1. The number of thioether (sulfide) groups is 1. The fourth-order valence-electron chi connectivity index (χ4n) is 3.34. The normalized spacial score (nSPS) is 12.4. The highest BCUT2D eigenvalue weighted by Gasteiger charge is 2.29. The number of halogens is 2. The van der Waals surface area contributed by atoms with Crippen LogP contribution in [0.4, 0.5) is 0 Å². The molecule has 2 N–H and O–H groups in total. The van der Waals surface area contributed by atoms with Gasteiger partial charge in [0, 0.05) is 22.7 Å². The summed E-state index contributed by atoms with van der Waals surface area (Å²) in [5, 5.41) is 22.5. The number of carbonyl (C=O) groups excluding carboxylic acids is 1. The van der Waals surface area contributed by atoms with E-state index in [1.54, 1.807) is 36.5 Å². The molecule has 17 heteroatoms. The van der Waals surface area contributed by atoms with E-state index in [9.17, 15) is 23.1 Å². The van der Waals surface area contributed by atoms with Crippen molar-refractivity contribution >= 4 is 68.1 Å². The summed E-state index contributed by atoms with van der Waals surface area (Å²) in [7, 11) is -4.25. The van der Waals surface area contributed by atoms with Crippen LogP contribution in [0.25, 0.3) is 10.6 Å². The number of hydrogen-bond acceptors (Lipinski definition) is 11. The highest BCUT2D eigenvalue weighted by atomic mass is 35.5. The molecular formula is C22H19Cl2N7O5S3. The second kappa shape index (κ2) is 12.5. The first kappa shape index (κ1) is 29.0. The molecule has 1 atom stereocenters. The van der Waals surface area contributed by atoms with Crippen molar-refractivity contribution in [1.29, 1.82) is 0 Å². The number of aromatic nitrogens is 6. The summed E-state index contributed by atoms with van der Waals surface area (Å²) in [6.07, 6.45) is 2.74. The molecule has 39 heavy (non-hydrogen) atoms. The first-order chi connectivity index (χ1) is 18.6. The third kappa shape index (κ3) is 7.38. The van der Waals surface area contributed by atoms with Gasteiger partial charge < -0.3 is 5.11 Å². The second-order valence-electron chi connectivity index (χ2n) is 7.90. The highest BCUT2D eigenvalue weighted by Crippen LogP contribution is 2.30. The van der Waals surface area contributed by atoms with Crippen LogP contribution in [0, 0.1) is 0 Å². The van der Waals surface area contributed by atoms with E-state index in [0.29, 0.717) is 31.3 Å². The molecule has 3 heterocycles. The number of tetrazole rings is 1. The minimum absolute atomic E-state index is 0.109. The van der Waals surface area contributed by atoms with E-state index >= 15 is 0 Å². The van der Waals surface area contributed by atoms with Crippen LogP contribution < -0.4 is 4.72 Å². The Balaban J connectivity index is 1.48. The lowest BCUT2D eigenvalue weighted by molar-refractivity contribution is -0.139. The number of sulfonamides is 1. The van der Waals surface area contributed by atoms with Crippen LogP contribution in [0.3, 0.4) is 0 Å². The number of ketones is 1. The minimum atomic E-state index is -4.25. The lowest BCUT2D eigenvalue weighted by Gasteiger charge is -2.15. The van der Waals surface area contributed by atoms with Crippen LogP contribution in [0.2, 0.25) is 10.0 Å². The Labute approximate surface area is 240 Å². The number of carboxylic acid groups (broad SMARTS) is 1. The van der Waals surface area contributed by atoms with Crippen LogP contribution >= 0.6 is 46.3 Å². The average Bonchev–Trinajstić information content (AvgIpc) is 3.56. The summed E-state index contributed by atoms with van der Waals surface area (Å²) in [6, 6.07) is 8.01. The number of carboxylic acids is 1. The molecule has 1 aromatic carbocycles. The molecule has 4 rings (SSSR count). The lowest BCUT2D eigenvalue weighted by atomic mass is 10.1. The van der Waals surface area contributed by atoms with Crippen molar-refractivity contribution in [2.75, 3.05) is 6.26 Å². The molecule has 0 aliphatic carbocycles. The van der Waals surface area contributed by atoms with Gasteiger partial charge in [-0.1, -0.05) is 41.0 Å². The van der Waals surface area contributed by atoms with Crippen molar-refractivity contribution < 1.29 is 23.1 Å². The van der Waals surface area contributed by atoms with E-state index in [1.807, 2.05) is 6.26 Å². The highest BCUT2D eigenvalue weighted by molar-refractivity contribution is 7.98. The SMILES string of the molecule is CSc1nccc(-c2ccc(S(=O)(=O)NC(CC(=O)O)C(=O)Cn3nnc(Cc4c(Cl)cccc4Cl)n3)s2)n1. The van der Waals surface area contributed by atoms with Crippen molar-refractivity contribution in [1.82, 2.24) is 34.9 Å². The molecule has 0 radical (unpaired) electrons. The van der Waals surface area contributed by atoms with E-state index in [0.717, 1.165) is 16.1 Å². The number of nitrogens with zero attached hydrogens (tertiary/aromatic N) is 6. The van der Waals surface area contributed by atoms with Gasteiger partial charge in [0.2, 0.25) is 0 Å². The molecule has 12 nitrogen and oxygen atoms in total. The van der Waals surface area contributed by atoms with Gasteiger partial charge in [0.05, 0.1) is 23.0 Å². The monoisotopic (exact) mass is 627 g/mol. The maximum Gasteiger partial charge on any atom is 0.305 e. The number of Topliss-reactive ketones (excluding diaryl/α,β-unsaturated/α-hetero) is 1. The number of rotatable bonds is 12. The number of nitrogens with one attached hydrogen (secondary N) is 1. The molecule has 4 aromatic rings. The fraction of sp³-hybridized carbons (Fsp3) is 0.227. The maximum absolute atomic E-state index is 13.1. The van der Waals surface area contributed by atoms with Crippen LogP contribution in [0.15, 0.2) is 52.0 Å². The Hall–Kier alpha value is -2.95. The molecule has 0 bridgehead atoms. The van der Waals surface area contributed by atoms with Crippen molar-refractivity contribution in [3.8, 4) is 10.6 Å². The Morgan fingerprint density at radius 1 is 1.18 bits per heavy atom. The summed E-state index contributed by atoms with van der Waals surface area (Å²) in [5.41, 5.74) is 1.11. The van der Waals surface area contributed by atoms with Gasteiger partial charge in [-0.25, -0.2) is 18.4 Å². The zero-order valence-electron chi connectivity index (χ0n) is 20.0. The van der Waals surface area contributed by atoms with E-state index in [-0.39, 0.29) is 16.5 Å². The predicted molar refractivity (Wildman–Crippen MR) is 146 cm³/mol. The average molecular weight is 629 g/mol. The zero-order valence-corrected chi connectivity index (χ0v) is 23.9. The minimum Gasteiger partial charge on any atom is -0.481 e. The molecule has 1 unspecified atom stereocenters. The van der Waals surface area contributed by atoms with Gasteiger partial charge in [-0.05, 0) is 47.4 Å². The largest absolute Gasteiger partial charge is 0.481 e. The molecule has 0 aliphatic rings. The van der Waals surface area contributed by atoms with Crippen molar-refractivity contribution in [2.24, 2.45) is 0 Å². The fourth-order valence-corrected chi connectivity index (χ4v) is 6.74. The molecule has 0 spiro atoms. The number of benzene rings is 1. The lowest BCUT2D eigenvalue weighted by Crippen LogP contribution is -2.43. The van der Waals surface area contributed by atoms with Crippen LogP contribution in [-0.2, 0) is 32.6 Å². The van der Waals surface area contributed by atoms with Gasteiger partial charge in [0.1, 0.15) is 10.8 Å². The van der Waals surface area contributed by atoms with Gasteiger partial charge in [-0.3, -0.25) is 9.59 Å². The number of carbonyl (C=O) groups is 2. The molecule has 0 aliphatic heterocycles. The third-order valence-electron chi connectivity index (χ3n) is 5.17. The second-order valence-corrected chi connectivity index (χ2v) is 12.5. The molecule has 0 amide bonds. The number of hydrogen-bond donors (Lipinski definition) is 2. The Morgan fingerprint density at radius 3 is 2.62 bits per heavy atom. The first-order valence-corrected chi connectivity index (χ1v) is 15.3. The topological polar surface area (TPSA) is 170 Å². The standard InChI is InChI=1S/C22H19Cl2N7O5S3/c1-37-22-25-8-7-15(26-22)18-5-6-21(38-18)39(35,36)29-16(10-20(33)34)17(32)11-31-28-19(27-30-31)9-12-13(23)3-2-4-14(12)24/h2-8,16,29H,9-11H2,1H3,(H,33,34). The molecule has 0 saturated heterocycles. The van der Waals surface area contributed by atoms with Crippen molar-refractivity contribution in [3.63, 3.8) is 0 Å². The molecular weight excluding hydrogens is 609 g/mol. The Kier molecular flexibility index (Phi) is 9.30. The van der Waals surface area contributed by atoms with E-state index in [2.05, 4.69) is 30.1 Å². The summed E-state index contributed by atoms with van der Waals surface area (Å²) < 4.78 is 28.2. The Morgan fingerprint density at radius 2 is 1.92 bits per heavy atom. The first-order valence-electron chi connectivity index (χ1n) is 11.0. The van der Waals surface area contributed by atoms with E-state index in [1.165, 1.54) is 17.8 Å². The molecule has 0 fully saturated rings. The van der Waals surface area contributed by atoms with E-state index in [4.69, 9.17) is 23.2 Å². The van der Waals surface area contributed by atoms with Crippen LogP contribution in [-0.4, -0.2) is 67.7 Å². The summed E-state index contributed by atoms with van der Waals surface area (Å²) in [5.74, 6) is -1.92. The van der Waals surface area contributed by atoms with Crippen LogP contribution in [0.1, 0.15) is 17.8 Å². The third-order valence-corrected chi connectivity index (χ3v) is 9.51. The van der Waals surface area contributed by atoms with Crippen LogP contribution in [0.5, 0.6) is 0 Å². The zero-order chi connectivity index (χ0) is 28.2. The summed E-state index contributed by atoms with van der Waals surface area (Å²) in [4.78, 5) is 34.3. The van der Waals surface area contributed by atoms with Crippen molar-refractivity contribution in [3.05, 3.63) is 64.0 Å². The molecule has 3 aromatic heterocycles. The summed E-state index contributed by atoms with van der Waals surface area (Å²) in [6.45, 7) is -0.516. The van der Waals surface area contributed by atoms with Gasteiger partial charge in [-0.15, -0.1) is 21.5 Å². The Bertz CT molecular complexity index is 1610. The smallest absolute Gasteiger partial charge is 0.305 e. The predicted octanol–water partition coefficient (Wildman–Crippen LogP) is 3.20. The van der Waals surface area contributed by atoms with Gasteiger partial charge in [0.15, 0.2) is 16.8 Å². The number of thiophene rings is 1. The van der Waals surface area contributed by atoms with E-state index < -0.39 is 40.8 Å². The molecule has 204 valence electrons. The van der Waals surface area contributed by atoms with Crippen molar-refractivity contribution in [2.45, 2.75) is 34.8 Å². The molecule has 0 saturated carbocycles. The quantitative estimate of drug-likeness (QED) is 0.174. The van der Waals surface area contributed by atoms with Gasteiger partial charge in [0.25, 0.3) is 10.0 Å².